The van der Waals surface area contributed by atoms with E-state index in [0.717, 1.165) is 103 Å². The third-order valence-corrected chi connectivity index (χ3v) is 13.5. The Morgan fingerprint density at radius 1 is 0.382 bits per heavy atom. The Morgan fingerprint density at radius 2 is 0.697 bits per heavy atom. The van der Waals surface area contributed by atoms with Crippen molar-refractivity contribution in [2.45, 2.75) is 264 Å². The Kier molecular flexibility index (Phi) is 54.8. The first-order chi connectivity index (χ1) is 37.2. The van der Waals surface area contributed by atoms with Crippen LogP contribution in [-0.2, 0) is 42.2 Å². The molecule has 12 heteroatoms. The molecule has 76 heavy (non-hydrogen) atoms. The van der Waals surface area contributed by atoms with Gasteiger partial charge in [-0.3, -0.25) is 23.4 Å². The van der Waals surface area contributed by atoms with Crippen LogP contribution in [0.1, 0.15) is 252 Å². The predicted octanol–water partition coefficient (Wildman–Crippen LogP) is 18.0. The molecule has 3 atom stereocenters. The van der Waals surface area contributed by atoms with Gasteiger partial charge in [0, 0.05) is 19.3 Å². The van der Waals surface area contributed by atoms with Gasteiger partial charge in [-0.25, -0.2) is 4.57 Å². The van der Waals surface area contributed by atoms with Gasteiger partial charge < -0.3 is 24.2 Å². The summed E-state index contributed by atoms with van der Waals surface area (Å²) in [4.78, 5) is 48.6. The number of aliphatic hydroxyl groups is 1. The van der Waals surface area contributed by atoms with Gasteiger partial charge in [0.05, 0.1) is 19.8 Å². The molecule has 0 fully saturated rings. The highest BCUT2D eigenvalue weighted by atomic mass is 31.2. The van der Waals surface area contributed by atoms with E-state index in [1.54, 1.807) is 0 Å². The summed E-state index contributed by atoms with van der Waals surface area (Å²) in [7, 11) is -4.77. The number of rotatable bonds is 55. The van der Waals surface area contributed by atoms with Crippen molar-refractivity contribution in [2.75, 3.05) is 26.4 Å². The maximum absolute atomic E-state index is 12.9. The molecule has 11 nitrogen and oxygen atoms in total. The number of allylic oxidation sites excluding steroid dienone is 16. The number of hydrogen-bond acceptors (Lipinski definition) is 10. The van der Waals surface area contributed by atoms with E-state index in [2.05, 4.69) is 106 Å². The average molecular weight is 1090 g/mol. The second kappa shape index (κ2) is 57.6. The average Bonchev–Trinajstić information content (AvgIpc) is 3.41. The number of hydrogen-bond donors (Lipinski definition) is 2. The fourth-order valence-electron chi connectivity index (χ4n) is 8.00. The largest absolute Gasteiger partial charge is 0.472 e. The third kappa shape index (κ3) is 55.2. The molecule has 0 spiro atoms. The maximum Gasteiger partial charge on any atom is 0.472 e. The second-order valence-corrected chi connectivity index (χ2v) is 21.2. The van der Waals surface area contributed by atoms with Crippen LogP contribution >= 0.6 is 7.82 Å². The van der Waals surface area contributed by atoms with E-state index in [9.17, 15) is 28.9 Å². The van der Waals surface area contributed by atoms with E-state index in [0.29, 0.717) is 25.7 Å². The molecular formula is C64H109O11P. The zero-order valence-corrected chi connectivity index (χ0v) is 49.1. The van der Waals surface area contributed by atoms with Crippen LogP contribution in [0.25, 0.3) is 0 Å². The number of carbonyl (C=O) groups excluding carboxylic acids is 3. The monoisotopic (exact) mass is 1080 g/mol. The van der Waals surface area contributed by atoms with Gasteiger partial charge in [-0.2, -0.15) is 0 Å². The fraction of sp³-hybridized carbons (Fsp3) is 0.703. The van der Waals surface area contributed by atoms with Crippen LogP contribution in [0.4, 0.5) is 0 Å². The van der Waals surface area contributed by atoms with Crippen LogP contribution in [-0.4, -0.2) is 66.5 Å². The number of carbonyl (C=O) groups is 3. The number of ether oxygens (including phenoxy) is 3. The minimum atomic E-state index is -4.77. The van der Waals surface area contributed by atoms with Crippen LogP contribution in [0.15, 0.2) is 97.2 Å². The first kappa shape index (κ1) is 72.4. The molecule has 0 aliphatic rings. The standard InChI is InChI=1S/C64H109O11P/c1-4-7-10-13-16-19-22-25-28-30-33-35-38-41-44-47-50-53-62(66)71-57-61(75-64(68)55-52-49-46-43-40-37-34-31-29-26-23-20-17-14-11-8-5-2)59-73-76(69,70)72-58-60(56-65)74-63(67)54-51-48-45-42-39-36-32-27-24-21-18-15-12-9-6-3/h7-8,10-11,16-17,19-20,25-26,28-29,34,37,43,46,60-61,65H,4-6,9,12-15,18,21-24,27,30-33,35-36,38-42,44-45,47-59H2,1-3H3,(H,69,70)/b10-7-,11-8-,19-16-,20-17-,28-25-,29-26-,37-34-,46-43-. The van der Waals surface area contributed by atoms with Crippen molar-refractivity contribution in [1.82, 2.24) is 0 Å². The Labute approximate surface area is 463 Å². The minimum absolute atomic E-state index is 0.0840. The predicted molar refractivity (Wildman–Crippen MR) is 316 cm³/mol. The molecule has 0 saturated carbocycles. The Hall–Kier alpha value is -3.60. The first-order valence-corrected chi connectivity index (χ1v) is 31.6. The summed E-state index contributed by atoms with van der Waals surface area (Å²) in [5, 5.41) is 9.83. The Balaban J connectivity index is 4.80. The molecular weight excluding hydrogens is 976 g/mol. The summed E-state index contributed by atoms with van der Waals surface area (Å²) < 4.78 is 39.5. The third-order valence-electron chi connectivity index (χ3n) is 12.5. The fourth-order valence-corrected chi connectivity index (χ4v) is 8.78. The lowest BCUT2D eigenvalue weighted by molar-refractivity contribution is -0.161. The zero-order valence-electron chi connectivity index (χ0n) is 48.2. The highest BCUT2D eigenvalue weighted by molar-refractivity contribution is 7.47. The highest BCUT2D eigenvalue weighted by Gasteiger charge is 2.28. The van der Waals surface area contributed by atoms with E-state index >= 15 is 0 Å². The number of phosphoric acid groups is 1. The quantitative estimate of drug-likeness (QED) is 0.0197. The molecule has 2 N–H and O–H groups in total. The summed E-state index contributed by atoms with van der Waals surface area (Å²) in [6.07, 6.45) is 68.0. The van der Waals surface area contributed by atoms with Crippen LogP contribution in [0.5, 0.6) is 0 Å². The van der Waals surface area contributed by atoms with Gasteiger partial charge in [0.1, 0.15) is 12.7 Å². The van der Waals surface area contributed by atoms with Gasteiger partial charge in [-0.15, -0.1) is 0 Å². The number of unbranched alkanes of at least 4 members (excludes halogenated alkanes) is 22. The molecule has 0 bridgehead atoms. The Morgan fingerprint density at radius 3 is 1.11 bits per heavy atom. The van der Waals surface area contributed by atoms with Crippen LogP contribution in [0.3, 0.4) is 0 Å². The summed E-state index contributed by atoms with van der Waals surface area (Å²) in [5.74, 6) is -1.55. The molecule has 436 valence electrons. The maximum atomic E-state index is 12.9. The van der Waals surface area contributed by atoms with E-state index in [1.165, 1.54) is 83.5 Å². The molecule has 0 heterocycles. The molecule has 0 aromatic heterocycles. The minimum Gasteiger partial charge on any atom is -0.462 e. The van der Waals surface area contributed by atoms with Crippen molar-refractivity contribution in [1.29, 1.82) is 0 Å². The Bertz CT molecular complexity index is 1640. The smallest absolute Gasteiger partial charge is 0.462 e. The van der Waals surface area contributed by atoms with Gasteiger partial charge in [-0.1, -0.05) is 240 Å². The van der Waals surface area contributed by atoms with Gasteiger partial charge in [0.2, 0.25) is 0 Å². The molecule has 0 rings (SSSR count). The van der Waals surface area contributed by atoms with E-state index in [4.69, 9.17) is 23.3 Å². The van der Waals surface area contributed by atoms with Crippen LogP contribution in [0.2, 0.25) is 0 Å². The van der Waals surface area contributed by atoms with E-state index < -0.39 is 57.8 Å². The summed E-state index contributed by atoms with van der Waals surface area (Å²) in [6, 6.07) is 0. The number of esters is 3. The summed E-state index contributed by atoms with van der Waals surface area (Å²) in [5.41, 5.74) is 0. The normalized spacial score (nSPS) is 14.0. The number of phosphoric ester groups is 1. The lowest BCUT2D eigenvalue weighted by Gasteiger charge is -2.21. The van der Waals surface area contributed by atoms with Crippen LogP contribution in [0, 0.1) is 0 Å². The van der Waals surface area contributed by atoms with Crippen molar-refractivity contribution < 1.29 is 52.2 Å². The highest BCUT2D eigenvalue weighted by Crippen LogP contribution is 2.43. The van der Waals surface area contributed by atoms with Crippen molar-refractivity contribution in [3.8, 4) is 0 Å². The summed E-state index contributed by atoms with van der Waals surface area (Å²) in [6.45, 7) is 4.36. The van der Waals surface area contributed by atoms with Crippen molar-refractivity contribution in [3.05, 3.63) is 97.2 Å². The molecule has 0 saturated heterocycles. The van der Waals surface area contributed by atoms with Gasteiger partial charge >= 0.3 is 25.7 Å². The van der Waals surface area contributed by atoms with Crippen LogP contribution < -0.4 is 0 Å². The van der Waals surface area contributed by atoms with Gasteiger partial charge in [-0.05, 0) is 89.9 Å². The molecule has 0 aromatic carbocycles. The molecule has 0 amide bonds. The lowest BCUT2D eigenvalue weighted by atomic mass is 10.0. The molecule has 3 unspecified atom stereocenters. The number of aliphatic hydroxyl groups excluding tert-OH is 1. The first-order valence-electron chi connectivity index (χ1n) is 30.1. The second-order valence-electron chi connectivity index (χ2n) is 19.8. The molecule has 0 aromatic rings. The van der Waals surface area contributed by atoms with Crippen molar-refractivity contribution >= 4 is 25.7 Å². The van der Waals surface area contributed by atoms with E-state index in [-0.39, 0.29) is 25.9 Å². The molecule has 0 aliphatic carbocycles. The molecule has 0 aliphatic heterocycles. The van der Waals surface area contributed by atoms with Crippen molar-refractivity contribution in [3.63, 3.8) is 0 Å². The van der Waals surface area contributed by atoms with Gasteiger partial charge in [0.15, 0.2) is 6.10 Å². The van der Waals surface area contributed by atoms with E-state index in [1.807, 2.05) is 12.2 Å². The van der Waals surface area contributed by atoms with Gasteiger partial charge in [0.25, 0.3) is 0 Å². The topological polar surface area (TPSA) is 155 Å². The lowest BCUT2D eigenvalue weighted by Crippen LogP contribution is -2.30. The summed E-state index contributed by atoms with van der Waals surface area (Å²) >= 11 is 0. The zero-order chi connectivity index (χ0) is 55.5. The molecule has 0 radical (unpaired) electrons. The SMILES string of the molecule is CC/C=C\C/C=C\C/C=C\C/C=C\C/C=C\CCCC(=O)OC(COC(=O)CCCCCCCCC/C=C\C/C=C\C/C=C\CC)COP(=O)(O)OCC(CO)OC(=O)CCCCCCCCCCCCCCCCC. The van der Waals surface area contributed by atoms with Crippen molar-refractivity contribution in [2.24, 2.45) is 0 Å².